The summed E-state index contributed by atoms with van der Waals surface area (Å²) in [6, 6.07) is 14.9. The van der Waals surface area contributed by atoms with Gasteiger partial charge in [0.15, 0.2) is 5.69 Å². The van der Waals surface area contributed by atoms with Crippen LogP contribution < -0.4 is 10.4 Å². The molecule has 176 valence electrons. The maximum absolute atomic E-state index is 13.4. The molecule has 9 heteroatoms. The second-order valence-corrected chi connectivity index (χ2v) is 9.41. The molecule has 0 saturated heterocycles. The zero-order chi connectivity index (χ0) is 24.4. The predicted octanol–water partition coefficient (Wildman–Crippen LogP) is 6.58. The third-order valence-electron chi connectivity index (χ3n) is 5.68. The summed E-state index contributed by atoms with van der Waals surface area (Å²) in [6.07, 6.45) is 1.60. The van der Waals surface area contributed by atoms with Crippen LogP contribution in [0.3, 0.4) is 0 Å². The van der Waals surface area contributed by atoms with Crippen LogP contribution in [0.2, 0.25) is 10.0 Å². The molecule has 0 aliphatic rings. The lowest BCUT2D eigenvalue weighted by Crippen LogP contribution is -2.20. The zero-order valence-corrected chi connectivity index (χ0v) is 21.7. The molecule has 4 aromatic rings. The summed E-state index contributed by atoms with van der Waals surface area (Å²) in [4.78, 5) is 18.8. The Labute approximate surface area is 212 Å². The number of aromatic nitrogens is 3. The summed E-state index contributed by atoms with van der Waals surface area (Å²) < 4.78 is 5.20. The molecule has 4 rings (SSSR count). The fourth-order valence-corrected chi connectivity index (χ4v) is 4.88. The molecule has 0 aliphatic heterocycles. The van der Waals surface area contributed by atoms with E-state index in [4.69, 9.17) is 33.3 Å². The molecule has 0 N–H and O–H groups in total. The van der Waals surface area contributed by atoms with Gasteiger partial charge in [0.2, 0.25) is 4.80 Å². The van der Waals surface area contributed by atoms with E-state index in [1.807, 2.05) is 60.4 Å². The zero-order valence-electron chi connectivity index (χ0n) is 19.4. The smallest absolute Gasteiger partial charge is 0.283 e. The number of para-hydroxylation sites is 1. The fraction of sp³-hybridized carbons (Fsp3) is 0.240. The van der Waals surface area contributed by atoms with Crippen LogP contribution in [0.5, 0.6) is 0 Å². The molecule has 0 radical (unpaired) electrons. The van der Waals surface area contributed by atoms with Gasteiger partial charge in [0, 0.05) is 28.7 Å². The van der Waals surface area contributed by atoms with Crippen LogP contribution in [-0.4, -0.2) is 19.8 Å². The van der Waals surface area contributed by atoms with Gasteiger partial charge in [-0.2, -0.15) is 5.10 Å². The Hall–Kier alpha value is -2.87. The maximum atomic E-state index is 13.4. The number of rotatable bonds is 6. The van der Waals surface area contributed by atoms with E-state index in [0.717, 1.165) is 41.2 Å². The first-order valence-corrected chi connectivity index (χ1v) is 12.6. The van der Waals surface area contributed by atoms with Gasteiger partial charge < -0.3 is 0 Å². The van der Waals surface area contributed by atoms with E-state index < -0.39 is 0 Å². The van der Waals surface area contributed by atoms with Crippen LogP contribution in [0.4, 0.5) is 5.69 Å². The molecule has 0 amide bonds. The van der Waals surface area contributed by atoms with E-state index in [1.54, 1.807) is 21.5 Å². The van der Waals surface area contributed by atoms with E-state index in [0.29, 0.717) is 20.5 Å². The van der Waals surface area contributed by atoms with Gasteiger partial charge in [0.05, 0.1) is 22.1 Å². The van der Waals surface area contributed by atoms with Gasteiger partial charge >= 0.3 is 0 Å². The van der Waals surface area contributed by atoms with Crippen LogP contribution in [-0.2, 0) is 7.05 Å². The average Bonchev–Trinajstić information content (AvgIpc) is 3.33. The first kappa shape index (κ1) is 24.3. The summed E-state index contributed by atoms with van der Waals surface area (Å²) in [7, 11) is 1.85. The lowest BCUT2D eigenvalue weighted by molar-refractivity contribution is 0.630. The number of benzene rings is 2. The Morgan fingerprint density at radius 3 is 2.44 bits per heavy atom. The van der Waals surface area contributed by atoms with Crippen molar-refractivity contribution in [2.24, 2.45) is 17.1 Å². The van der Waals surface area contributed by atoms with Crippen molar-refractivity contribution in [2.75, 3.05) is 0 Å². The monoisotopic (exact) mass is 513 g/mol. The summed E-state index contributed by atoms with van der Waals surface area (Å²) in [6.45, 7) is 6.02. The quantitative estimate of drug-likeness (QED) is 0.268. The first-order valence-electron chi connectivity index (χ1n) is 11.0. The SMILES string of the molecule is CCC(CC)=Nn1c(-c2cc(Cl)ccc2Cl)csc1=Nc1c(C)n(C)n(-c2ccccc2)c1=O. The highest BCUT2D eigenvalue weighted by Crippen LogP contribution is 2.31. The molecular weight excluding hydrogens is 489 g/mol. The first-order chi connectivity index (χ1) is 16.3. The highest BCUT2D eigenvalue weighted by Gasteiger charge is 2.18. The Bertz CT molecular complexity index is 1490. The van der Waals surface area contributed by atoms with Crippen molar-refractivity contribution in [1.82, 2.24) is 14.0 Å². The fourth-order valence-electron chi connectivity index (χ4n) is 3.66. The maximum Gasteiger partial charge on any atom is 0.297 e. The number of nitrogens with zero attached hydrogens (tertiary/aromatic N) is 5. The van der Waals surface area contributed by atoms with Crippen molar-refractivity contribution >= 4 is 45.9 Å². The molecule has 0 aliphatic carbocycles. The summed E-state index contributed by atoms with van der Waals surface area (Å²) in [5, 5.41) is 7.96. The van der Waals surface area contributed by atoms with E-state index in [2.05, 4.69) is 13.8 Å². The molecule has 2 aromatic carbocycles. The molecule has 0 fully saturated rings. The van der Waals surface area contributed by atoms with Gasteiger partial charge in [-0.25, -0.2) is 14.4 Å². The number of hydrogen-bond donors (Lipinski definition) is 0. The van der Waals surface area contributed by atoms with Gasteiger partial charge in [-0.3, -0.25) is 9.48 Å². The normalized spacial score (nSPS) is 11.8. The Kier molecular flexibility index (Phi) is 7.26. The minimum atomic E-state index is -0.191. The molecule has 0 bridgehead atoms. The summed E-state index contributed by atoms with van der Waals surface area (Å²) >= 11 is 14.2. The lowest BCUT2D eigenvalue weighted by Gasteiger charge is -2.08. The van der Waals surface area contributed by atoms with Gasteiger partial charge in [-0.15, -0.1) is 11.3 Å². The third-order valence-corrected chi connectivity index (χ3v) is 7.06. The standard InChI is InChI=1S/C25H25Cl2N5OS/c1-5-18(6-2)29-31-22(20-14-17(26)12-13-21(20)27)15-34-25(31)28-23-16(3)30(4)32(24(23)33)19-10-8-7-9-11-19/h7-15H,5-6H2,1-4H3. The minimum Gasteiger partial charge on any atom is -0.283 e. The molecule has 0 spiro atoms. The molecule has 34 heavy (non-hydrogen) atoms. The van der Waals surface area contributed by atoms with Crippen molar-refractivity contribution in [3.8, 4) is 16.9 Å². The molecule has 0 unspecified atom stereocenters. The third kappa shape index (κ3) is 4.56. The molecule has 0 saturated carbocycles. The van der Waals surface area contributed by atoms with Crippen molar-refractivity contribution in [2.45, 2.75) is 33.6 Å². The van der Waals surface area contributed by atoms with E-state index in [1.165, 1.54) is 11.3 Å². The average molecular weight is 514 g/mol. The van der Waals surface area contributed by atoms with Gasteiger partial charge in [0.25, 0.3) is 5.56 Å². The Morgan fingerprint density at radius 2 is 1.76 bits per heavy atom. The summed E-state index contributed by atoms with van der Waals surface area (Å²) in [5.41, 5.74) is 4.25. The van der Waals surface area contributed by atoms with E-state index >= 15 is 0 Å². The van der Waals surface area contributed by atoms with Gasteiger partial charge in [-0.1, -0.05) is 55.2 Å². The van der Waals surface area contributed by atoms with E-state index in [9.17, 15) is 4.79 Å². The van der Waals surface area contributed by atoms with Crippen molar-refractivity contribution < 1.29 is 0 Å². The molecule has 0 atom stereocenters. The molecule has 2 aromatic heterocycles. The van der Waals surface area contributed by atoms with Gasteiger partial charge in [-0.05, 0) is 50.1 Å². The summed E-state index contributed by atoms with van der Waals surface area (Å²) in [5.74, 6) is 0. The van der Waals surface area contributed by atoms with Crippen molar-refractivity contribution in [1.29, 1.82) is 0 Å². The minimum absolute atomic E-state index is 0.191. The topological polar surface area (TPSA) is 56.6 Å². The van der Waals surface area contributed by atoms with Gasteiger partial charge in [0.1, 0.15) is 0 Å². The molecule has 2 heterocycles. The van der Waals surface area contributed by atoms with Crippen molar-refractivity contribution in [3.05, 3.63) is 84.8 Å². The van der Waals surface area contributed by atoms with Crippen LogP contribution in [0.15, 0.2) is 68.8 Å². The van der Waals surface area contributed by atoms with Crippen LogP contribution >= 0.6 is 34.5 Å². The Balaban J connectivity index is 1.99. The highest BCUT2D eigenvalue weighted by molar-refractivity contribution is 7.07. The lowest BCUT2D eigenvalue weighted by atomic mass is 10.2. The Morgan fingerprint density at radius 1 is 1.06 bits per heavy atom. The van der Waals surface area contributed by atoms with E-state index in [-0.39, 0.29) is 5.56 Å². The second kappa shape index (κ2) is 10.2. The molecule has 6 nitrogen and oxygen atoms in total. The predicted molar refractivity (Wildman–Crippen MR) is 142 cm³/mol. The molecular formula is C25H25Cl2N5OS. The van der Waals surface area contributed by atoms with Crippen LogP contribution in [0, 0.1) is 6.92 Å². The largest absolute Gasteiger partial charge is 0.297 e. The van der Waals surface area contributed by atoms with Crippen LogP contribution in [0.25, 0.3) is 16.9 Å². The highest BCUT2D eigenvalue weighted by atomic mass is 35.5. The van der Waals surface area contributed by atoms with Crippen molar-refractivity contribution in [3.63, 3.8) is 0 Å². The second-order valence-electron chi connectivity index (χ2n) is 7.73. The number of thiazole rings is 1. The van der Waals surface area contributed by atoms with Crippen LogP contribution in [0.1, 0.15) is 32.4 Å². The number of halogens is 2. The number of hydrogen-bond acceptors (Lipinski definition) is 4.